The molecule has 10 nitrogen and oxygen atoms in total. The highest BCUT2D eigenvalue weighted by Crippen LogP contribution is 2.38. The maximum atomic E-state index is 13.1. The second kappa shape index (κ2) is 13.6. The zero-order valence-electron chi connectivity index (χ0n) is 23.1. The Morgan fingerprint density at radius 1 is 1.12 bits per heavy atom. The van der Waals surface area contributed by atoms with E-state index in [-0.39, 0.29) is 18.2 Å². The van der Waals surface area contributed by atoms with Crippen molar-refractivity contribution in [2.75, 3.05) is 44.9 Å². The van der Waals surface area contributed by atoms with Gasteiger partial charge in [-0.05, 0) is 94.9 Å². The van der Waals surface area contributed by atoms with Gasteiger partial charge in [0.1, 0.15) is 6.61 Å². The summed E-state index contributed by atoms with van der Waals surface area (Å²) in [5.74, 6) is 0.929. The summed E-state index contributed by atoms with van der Waals surface area (Å²) in [6, 6.07) is 18.1. The van der Waals surface area contributed by atoms with Crippen LogP contribution in [0.3, 0.4) is 0 Å². The number of aliphatic imine (C=N–C) groups is 1. The number of ether oxygens (including phenoxy) is 3. The molecular weight excluding hydrogens is 671 g/mol. The lowest BCUT2D eigenvalue weighted by atomic mass is 10.1. The molecule has 0 atom stereocenters. The molecule has 0 aromatic heterocycles. The minimum Gasteiger partial charge on any atom is -0.490 e. The second-order valence-corrected chi connectivity index (χ2v) is 11.6. The molecule has 0 radical (unpaired) electrons. The van der Waals surface area contributed by atoms with Crippen LogP contribution in [-0.4, -0.2) is 60.9 Å². The summed E-state index contributed by atoms with van der Waals surface area (Å²) < 4.78 is 18.1. The molecule has 2 fully saturated rings. The van der Waals surface area contributed by atoms with E-state index in [0.29, 0.717) is 33.7 Å². The van der Waals surface area contributed by atoms with Crippen molar-refractivity contribution in [2.24, 2.45) is 4.99 Å². The van der Waals surface area contributed by atoms with Crippen LogP contribution in [0.15, 0.2) is 70.6 Å². The number of halogens is 1. The molecule has 3 aromatic carbocycles. The fourth-order valence-electron chi connectivity index (χ4n) is 4.46. The smallest absolute Gasteiger partial charge is 0.269 e. The van der Waals surface area contributed by atoms with Gasteiger partial charge in [0.2, 0.25) is 0 Å². The van der Waals surface area contributed by atoms with Crippen LogP contribution < -0.4 is 14.4 Å². The van der Waals surface area contributed by atoms with E-state index in [0.717, 1.165) is 46.8 Å². The Morgan fingerprint density at radius 2 is 1.88 bits per heavy atom. The molecule has 0 aliphatic carbocycles. The molecule has 42 heavy (non-hydrogen) atoms. The largest absolute Gasteiger partial charge is 0.490 e. The van der Waals surface area contributed by atoms with Crippen molar-refractivity contribution in [3.05, 3.63) is 90.4 Å². The molecule has 5 rings (SSSR count). The van der Waals surface area contributed by atoms with Gasteiger partial charge in [-0.1, -0.05) is 12.1 Å². The quantitative estimate of drug-likeness (QED) is 0.112. The monoisotopic (exact) mass is 700 g/mol. The molecule has 0 bridgehead atoms. The molecule has 0 N–H and O–H groups in total. The third-order valence-electron chi connectivity index (χ3n) is 6.59. The third kappa shape index (κ3) is 7.05. The van der Waals surface area contributed by atoms with Gasteiger partial charge in [-0.3, -0.25) is 19.8 Å². The topological polar surface area (TPSA) is 107 Å². The van der Waals surface area contributed by atoms with Crippen molar-refractivity contribution in [1.29, 1.82) is 0 Å². The Kier molecular flexibility index (Phi) is 9.65. The molecule has 218 valence electrons. The Bertz CT molecular complexity index is 1540. The van der Waals surface area contributed by atoms with E-state index in [4.69, 9.17) is 19.2 Å². The lowest BCUT2D eigenvalue weighted by Gasteiger charge is -2.28. The molecule has 0 saturated carbocycles. The predicted molar refractivity (Wildman–Crippen MR) is 173 cm³/mol. The summed E-state index contributed by atoms with van der Waals surface area (Å²) in [4.78, 5) is 32.9. The molecule has 3 aromatic rings. The van der Waals surface area contributed by atoms with Gasteiger partial charge in [0.25, 0.3) is 11.6 Å². The standard InChI is InChI=1S/C30H29IN4O6S/c1-3-40-26-17-21(16-25(31)28(26)41-19-20-5-4-6-24(15-20)35(37)38)18-27-29(36)33(2)30(42-27)32-22-7-9-23(10-8-22)34-11-13-39-14-12-34/h4-10,15-18H,3,11-14,19H2,1-2H3/b27-18-,32-30?. The zero-order valence-corrected chi connectivity index (χ0v) is 26.1. The van der Waals surface area contributed by atoms with Gasteiger partial charge < -0.3 is 19.1 Å². The molecule has 1 amide bonds. The lowest BCUT2D eigenvalue weighted by Crippen LogP contribution is -2.36. The van der Waals surface area contributed by atoms with Crippen molar-refractivity contribution in [2.45, 2.75) is 13.5 Å². The minimum absolute atomic E-state index is 0.00872. The van der Waals surface area contributed by atoms with Gasteiger partial charge >= 0.3 is 0 Å². The average molecular weight is 701 g/mol. The number of hydrogen-bond donors (Lipinski definition) is 0. The molecule has 2 saturated heterocycles. The summed E-state index contributed by atoms with van der Waals surface area (Å²) in [6.07, 6.45) is 1.82. The summed E-state index contributed by atoms with van der Waals surface area (Å²) in [6.45, 7) is 5.62. The number of amides is 1. The lowest BCUT2D eigenvalue weighted by molar-refractivity contribution is -0.384. The number of likely N-dealkylation sites (N-methyl/N-ethyl adjacent to an activating group) is 1. The van der Waals surface area contributed by atoms with Gasteiger partial charge in [-0.25, -0.2) is 4.99 Å². The summed E-state index contributed by atoms with van der Waals surface area (Å²) in [5, 5.41) is 11.7. The number of amidine groups is 1. The zero-order chi connectivity index (χ0) is 29.6. The number of nitro groups is 1. The van der Waals surface area contributed by atoms with Crippen LogP contribution in [0.4, 0.5) is 17.1 Å². The molecule has 2 heterocycles. The van der Waals surface area contributed by atoms with E-state index in [2.05, 4.69) is 27.5 Å². The number of benzene rings is 3. The summed E-state index contributed by atoms with van der Waals surface area (Å²) in [5.41, 5.74) is 3.37. The van der Waals surface area contributed by atoms with Crippen molar-refractivity contribution in [3.63, 3.8) is 0 Å². The third-order valence-corrected chi connectivity index (χ3v) is 8.45. The summed E-state index contributed by atoms with van der Waals surface area (Å²) >= 11 is 3.49. The van der Waals surface area contributed by atoms with Gasteiger partial charge in [0, 0.05) is 38.0 Å². The van der Waals surface area contributed by atoms with Crippen LogP contribution >= 0.6 is 34.4 Å². The normalized spacial score (nSPS) is 17.3. The SMILES string of the molecule is CCOc1cc(/C=C2\SC(=Nc3ccc(N4CCOCC4)cc3)N(C)C2=O)cc(I)c1OCc1cccc([N+](=O)[O-])c1. The number of nitrogens with zero attached hydrogens (tertiary/aromatic N) is 4. The predicted octanol–water partition coefficient (Wildman–Crippen LogP) is 6.25. The average Bonchev–Trinajstić information content (AvgIpc) is 3.25. The Balaban J connectivity index is 1.33. The number of thioether (sulfide) groups is 1. The number of rotatable bonds is 9. The Hall–Kier alpha value is -3.62. The van der Waals surface area contributed by atoms with Gasteiger partial charge in [0.05, 0.1) is 38.9 Å². The first-order valence-corrected chi connectivity index (χ1v) is 15.2. The van der Waals surface area contributed by atoms with Crippen LogP contribution in [0.25, 0.3) is 6.08 Å². The molecule has 12 heteroatoms. The van der Waals surface area contributed by atoms with Crippen molar-refractivity contribution < 1.29 is 23.9 Å². The Morgan fingerprint density at radius 3 is 2.60 bits per heavy atom. The molecule has 0 spiro atoms. The fraction of sp³-hybridized carbons (Fsp3) is 0.267. The maximum Gasteiger partial charge on any atom is 0.269 e. The van der Waals surface area contributed by atoms with Crippen LogP contribution in [-0.2, 0) is 16.1 Å². The molecule has 2 aliphatic heterocycles. The van der Waals surface area contributed by atoms with Crippen molar-refractivity contribution in [3.8, 4) is 11.5 Å². The number of carbonyl (C=O) groups excluding carboxylic acids is 1. The van der Waals surface area contributed by atoms with Crippen LogP contribution in [0.5, 0.6) is 11.5 Å². The highest BCUT2D eigenvalue weighted by Gasteiger charge is 2.30. The highest BCUT2D eigenvalue weighted by atomic mass is 127. The van der Waals surface area contributed by atoms with E-state index < -0.39 is 4.92 Å². The van der Waals surface area contributed by atoms with Crippen LogP contribution in [0, 0.1) is 13.7 Å². The van der Waals surface area contributed by atoms with E-state index in [9.17, 15) is 14.9 Å². The van der Waals surface area contributed by atoms with E-state index in [1.165, 1.54) is 23.9 Å². The van der Waals surface area contributed by atoms with E-state index in [1.807, 2.05) is 49.4 Å². The van der Waals surface area contributed by atoms with E-state index in [1.54, 1.807) is 24.1 Å². The first kappa shape index (κ1) is 29.9. The van der Waals surface area contributed by atoms with Gasteiger partial charge in [-0.15, -0.1) is 0 Å². The molecule has 0 unspecified atom stereocenters. The van der Waals surface area contributed by atoms with E-state index >= 15 is 0 Å². The first-order chi connectivity index (χ1) is 20.3. The number of morpholine rings is 1. The number of carbonyl (C=O) groups is 1. The number of non-ortho nitro benzene ring substituents is 1. The Labute approximate surface area is 261 Å². The number of anilines is 1. The first-order valence-electron chi connectivity index (χ1n) is 13.3. The van der Waals surface area contributed by atoms with Crippen LogP contribution in [0.2, 0.25) is 0 Å². The summed E-state index contributed by atoms with van der Waals surface area (Å²) in [7, 11) is 1.72. The van der Waals surface area contributed by atoms with Crippen molar-refractivity contribution >= 4 is 68.6 Å². The second-order valence-electron chi connectivity index (χ2n) is 9.46. The fourth-order valence-corrected chi connectivity index (χ4v) is 6.23. The molecule has 2 aliphatic rings. The minimum atomic E-state index is -0.431. The van der Waals surface area contributed by atoms with Gasteiger partial charge in [0.15, 0.2) is 16.7 Å². The number of nitro benzene ring substituents is 1. The molecular formula is C30H29IN4O6S. The van der Waals surface area contributed by atoms with Gasteiger partial charge in [-0.2, -0.15) is 0 Å². The maximum absolute atomic E-state index is 13.1. The highest BCUT2D eigenvalue weighted by molar-refractivity contribution is 14.1. The number of hydrogen-bond acceptors (Lipinski definition) is 9. The van der Waals surface area contributed by atoms with Crippen LogP contribution in [0.1, 0.15) is 18.1 Å². The van der Waals surface area contributed by atoms with Crippen molar-refractivity contribution in [1.82, 2.24) is 4.90 Å².